The molecule has 182 valence electrons. The van der Waals surface area contributed by atoms with Crippen molar-refractivity contribution in [2.45, 2.75) is 13.3 Å². The molecule has 3 aromatic carbocycles. The molecule has 0 unspecified atom stereocenters. The molecule has 0 aliphatic heterocycles. The predicted molar refractivity (Wildman–Crippen MR) is 140 cm³/mol. The lowest BCUT2D eigenvalue weighted by molar-refractivity contribution is 0.355. The van der Waals surface area contributed by atoms with Crippen LogP contribution >= 0.6 is 23.2 Å². The molecule has 6 nitrogen and oxygen atoms in total. The number of benzene rings is 3. The van der Waals surface area contributed by atoms with Gasteiger partial charge in [-0.05, 0) is 61.0 Å². The van der Waals surface area contributed by atoms with Gasteiger partial charge in [0.1, 0.15) is 0 Å². The minimum absolute atomic E-state index is 0.520. The van der Waals surface area contributed by atoms with Gasteiger partial charge < -0.3 is 18.9 Å². The normalized spacial score (nSPS) is 10.8. The summed E-state index contributed by atoms with van der Waals surface area (Å²) in [6.45, 7) is 2.10. The van der Waals surface area contributed by atoms with Crippen molar-refractivity contribution in [3.63, 3.8) is 0 Å². The lowest BCUT2D eigenvalue weighted by Gasteiger charge is -2.13. The summed E-state index contributed by atoms with van der Waals surface area (Å²) in [5.41, 5.74) is 5.31. The molecule has 0 spiro atoms. The van der Waals surface area contributed by atoms with E-state index in [-0.39, 0.29) is 0 Å². The van der Waals surface area contributed by atoms with Crippen LogP contribution in [0.3, 0.4) is 0 Å². The lowest BCUT2D eigenvalue weighted by atomic mass is 9.99. The summed E-state index contributed by atoms with van der Waals surface area (Å²) in [5.74, 6) is 2.54. The van der Waals surface area contributed by atoms with E-state index in [0.717, 1.165) is 40.2 Å². The zero-order valence-corrected chi connectivity index (χ0v) is 21.7. The quantitative estimate of drug-likeness (QED) is 0.251. The molecule has 0 amide bonds. The molecule has 4 rings (SSSR count). The van der Waals surface area contributed by atoms with Crippen molar-refractivity contribution in [2.75, 3.05) is 28.4 Å². The van der Waals surface area contributed by atoms with Crippen LogP contribution in [0.1, 0.15) is 12.5 Å². The van der Waals surface area contributed by atoms with Gasteiger partial charge in [-0.1, -0.05) is 30.1 Å². The Bertz CT molecular complexity index is 1350. The second-order valence-corrected chi connectivity index (χ2v) is 8.58. The summed E-state index contributed by atoms with van der Waals surface area (Å²) < 4.78 is 23.8. The van der Waals surface area contributed by atoms with E-state index in [1.54, 1.807) is 34.5 Å². The van der Waals surface area contributed by atoms with Gasteiger partial charge in [-0.3, -0.25) is 0 Å². The van der Waals surface area contributed by atoms with E-state index < -0.39 is 0 Å². The van der Waals surface area contributed by atoms with E-state index in [2.05, 4.69) is 6.92 Å². The third-order valence-corrected chi connectivity index (χ3v) is 6.18. The fourth-order valence-corrected chi connectivity index (χ4v) is 4.64. The lowest BCUT2D eigenvalue weighted by Crippen LogP contribution is -2.01. The Labute approximate surface area is 214 Å². The van der Waals surface area contributed by atoms with Crippen LogP contribution < -0.4 is 18.9 Å². The highest BCUT2D eigenvalue weighted by molar-refractivity contribution is 6.34. The average molecular weight is 513 g/mol. The molecule has 0 aliphatic carbocycles. The highest BCUT2D eigenvalue weighted by Gasteiger charge is 2.23. The van der Waals surface area contributed by atoms with Gasteiger partial charge >= 0.3 is 0 Å². The Hall–Kier alpha value is -3.35. The van der Waals surface area contributed by atoms with Gasteiger partial charge in [-0.25, -0.2) is 4.68 Å². The monoisotopic (exact) mass is 512 g/mol. The van der Waals surface area contributed by atoms with Crippen LogP contribution in [0, 0.1) is 0 Å². The fraction of sp³-hybridized carbons (Fsp3) is 0.222. The molecule has 4 aromatic rings. The van der Waals surface area contributed by atoms with Crippen LogP contribution in [0.25, 0.3) is 28.2 Å². The van der Waals surface area contributed by atoms with E-state index in [0.29, 0.717) is 33.0 Å². The second kappa shape index (κ2) is 10.5. The van der Waals surface area contributed by atoms with Crippen molar-refractivity contribution < 1.29 is 18.9 Å². The maximum atomic E-state index is 6.36. The summed E-state index contributed by atoms with van der Waals surface area (Å²) in [4.78, 5) is 0. The van der Waals surface area contributed by atoms with Crippen LogP contribution in [0.15, 0.2) is 54.6 Å². The molecule has 0 atom stereocenters. The summed E-state index contributed by atoms with van der Waals surface area (Å²) in [5, 5.41) is 6.08. The maximum absolute atomic E-state index is 6.36. The molecule has 8 heteroatoms. The molecule has 35 heavy (non-hydrogen) atoms. The van der Waals surface area contributed by atoms with Crippen molar-refractivity contribution in [2.24, 2.45) is 0 Å². The molecule has 0 bridgehead atoms. The number of hydrogen-bond acceptors (Lipinski definition) is 5. The number of nitrogens with zero attached hydrogens (tertiary/aromatic N) is 2. The molecular formula is C27H26Cl2N2O4. The summed E-state index contributed by atoms with van der Waals surface area (Å²) in [6, 6.07) is 16.9. The molecule has 0 saturated heterocycles. The molecule has 0 saturated carbocycles. The van der Waals surface area contributed by atoms with Gasteiger partial charge in [0.15, 0.2) is 23.0 Å². The number of halogens is 2. The van der Waals surface area contributed by atoms with E-state index in [1.807, 2.05) is 53.2 Å². The summed E-state index contributed by atoms with van der Waals surface area (Å²) >= 11 is 12.7. The summed E-state index contributed by atoms with van der Waals surface area (Å²) in [7, 11) is 6.46. The number of aromatic nitrogens is 2. The third kappa shape index (κ3) is 4.77. The standard InChI is InChI=1S/C27H26Cl2N2O4/c1-6-21-26(16-7-9-22(32-2)24(11-16)34-4)30-31(20-14-18(28)13-19(29)15-20)27(21)17-8-10-23(33-3)25(12-17)35-5/h7-15H,6H2,1-5H3. The van der Waals surface area contributed by atoms with E-state index in [1.165, 1.54) is 0 Å². The van der Waals surface area contributed by atoms with Crippen LogP contribution in [0.2, 0.25) is 10.0 Å². The van der Waals surface area contributed by atoms with E-state index >= 15 is 0 Å². The Balaban J connectivity index is 2.03. The zero-order chi connectivity index (χ0) is 25.1. The Morgan fingerprint density at radius 3 is 1.71 bits per heavy atom. The van der Waals surface area contributed by atoms with Crippen molar-refractivity contribution in [1.82, 2.24) is 9.78 Å². The largest absolute Gasteiger partial charge is 0.493 e. The van der Waals surface area contributed by atoms with Gasteiger partial charge in [0, 0.05) is 26.7 Å². The Kier molecular flexibility index (Phi) is 7.43. The third-order valence-electron chi connectivity index (χ3n) is 5.74. The highest BCUT2D eigenvalue weighted by Crippen LogP contribution is 2.40. The zero-order valence-electron chi connectivity index (χ0n) is 20.2. The molecule has 0 radical (unpaired) electrons. The Morgan fingerprint density at radius 1 is 0.686 bits per heavy atom. The maximum Gasteiger partial charge on any atom is 0.161 e. The first kappa shape index (κ1) is 24.8. The molecule has 1 aromatic heterocycles. The number of methoxy groups -OCH3 is 4. The van der Waals surface area contributed by atoms with Gasteiger partial charge in [0.2, 0.25) is 0 Å². The van der Waals surface area contributed by atoms with Crippen LogP contribution in [-0.2, 0) is 6.42 Å². The first-order chi connectivity index (χ1) is 16.9. The van der Waals surface area contributed by atoms with Gasteiger partial charge in [-0.15, -0.1) is 0 Å². The van der Waals surface area contributed by atoms with Crippen molar-refractivity contribution >= 4 is 23.2 Å². The van der Waals surface area contributed by atoms with E-state index in [9.17, 15) is 0 Å². The van der Waals surface area contributed by atoms with Crippen molar-refractivity contribution in [3.05, 3.63) is 70.2 Å². The van der Waals surface area contributed by atoms with Gasteiger partial charge in [0.05, 0.1) is 45.5 Å². The van der Waals surface area contributed by atoms with Crippen molar-refractivity contribution in [1.29, 1.82) is 0 Å². The van der Waals surface area contributed by atoms with E-state index in [4.69, 9.17) is 47.2 Å². The summed E-state index contributed by atoms with van der Waals surface area (Å²) in [6.07, 6.45) is 0.724. The van der Waals surface area contributed by atoms with Crippen LogP contribution in [0.5, 0.6) is 23.0 Å². The molecule has 0 aliphatic rings. The molecular weight excluding hydrogens is 487 g/mol. The first-order valence-corrected chi connectivity index (χ1v) is 11.7. The van der Waals surface area contributed by atoms with Gasteiger partial charge in [-0.2, -0.15) is 5.10 Å². The minimum atomic E-state index is 0.520. The fourth-order valence-electron chi connectivity index (χ4n) is 4.13. The van der Waals surface area contributed by atoms with Crippen LogP contribution in [0.4, 0.5) is 0 Å². The predicted octanol–water partition coefficient (Wildman–Crippen LogP) is 7.11. The number of ether oxygens (including phenoxy) is 4. The molecule has 0 fully saturated rings. The smallest absolute Gasteiger partial charge is 0.161 e. The highest BCUT2D eigenvalue weighted by atomic mass is 35.5. The number of rotatable bonds is 8. The first-order valence-electron chi connectivity index (χ1n) is 11.0. The van der Waals surface area contributed by atoms with Gasteiger partial charge in [0.25, 0.3) is 0 Å². The van der Waals surface area contributed by atoms with Crippen molar-refractivity contribution in [3.8, 4) is 51.2 Å². The topological polar surface area (TPSA) is 54.7 Å². The number of hydrogen-bond donors (Lipinski definition) is 0. The SMILES string of the molecule is CCc1c(-c2ccc(OC)c(OC)c2)nn(-c2cc(Cl)cc(Cl)c2)c1-c1ccc(OC)c(OC)c1. The molecule has 1 heterocycles. The minimum Gasteiger partial charge on any atom is -0.493 e. The van der Waals surface area contributed by atoms with Crippen LogP contribution in [-0.4, -0.2) is 38.2 Å². The molecule has 0 N–H and O–H groups in total. The average Bonchev–Trinajstić information content (AvgIpc) is 3.27. The second-order valence-electron chi connectivity index (χ2n) is 7.71. The Morgan fingerprint density at radius 2 is 1.20 bits per heavy atom.